The Bertz CT molecular complexity index is 411. The molecule has 0 aliphatic carbocycles. The third kappa shape index (κ3) is 5.35. The summed E-state index contributed by atoms with van der Waals surface area (Å²) in [6.07, 6.45) is 5.99. The largest absolute Gasteiger partial charge is 0.344 e. The molecule has 0 saturated heterocycles. The molecule has 1 heterocycles. The fourth-order valence-corrected chi connectivity index (χ4v) is 2.76. The Labute approximate surface area is 114 Å². The quantitative estimate of drug-likeness (QED) is 0.786. The fourth-order valence-electron chi connectivity index (χ4n) is 1.28. The van der Waals surface area contributed by atoms with Crippen LogP contribution in [0.5, 0.6) is 0 Å². The molecule has 0 fully saturated rings. The summed E-state index contributed by atoms with van der Waals surface area (Å²) in [5.41, 5.74) is 0. The predicted octanol–water partition coefficient (Wildman–Crippen LogP) is 1.78. The summed E-state index contributed by atoms with van der Waals surface area (Å²) in [6, 6.07) is 3.90. The second kappa shape index (κ2) is 7.49. The summed E-state index contributed by atoms with van der Waals surface area (Å²) >= 11 is 5.13. The van der Waals surface area contributed by atoms with E-state index in [4.69, 9.17) is 6.42 Å². The van der Waals surface area contributed by atoms with Crippen LogP contribution < -0.4 is 10.6 Å². The van der Waals surface area contributed by atoms with Crippen LogP contribution in [-0.2, 0) is 11.2 Å². The Morgan fingerprint density at radius 3 is 3.00 bits per heavy atom. The molecule has 2 N–H and O–H groups in total. The number of carbonyl (C=O) groups is 1. The van der Waals surface area contributed by atoms with Crippen molar-refractivity contribution in [1.29, 1.82) is 0 Å². The van der Waals surface area contributed by atoms with Gasteiger partial charge < -0.3 is 10.6 Å². The van der Waals surface area contributed by atoms with Crippen LogP contribution in [-0.4, -0.2) is 25.0 Å². The first kappa shape index (κ1) is 14.2. The molecule has 17 heavy (non-hydrogen) atoms. The number of hydrogen-bond donors (Lipinski definition) is 2. The number of nitrogens with one attached hydrogen (secondary N) is 2. The highest BCUT2D eigenvalue weighted by Crippen LogP contribution is 2.21. The zero-order valence-corrected chi connectivity index (χ0v) is 12.0. The molecule has 1 rings (SSSR count). The Morgan fingerprint density at radius 2 is 2.41 bits per heavy atom. The highest BCUT2D eigenvalue weighted by Gasteiger charge is 2.10. The van der Waals surface area contributed by atoms with Crippen molar-refractivity contribution in [3.05, 3.63) is 20.8 Å². The van der Waals surface area contributed by atoms with Crippen LogP contribution in [0.2, 0.25) is 0 Å². The maximum Gasteiger partial charge on any atom is 0.237 e. The Kier molecular flexibility index (Phi) is 6.27. The van der Waals surface area contributed by atoms with Gasteiger partial charge in [0, 0.05) is 11.4 Å². The average Bonchev–Trinajstić information content (AvgIpc) is 2.71. The SMILES string of the molecule is C#CCNC(=O)C(C)NCCc1ccc(Br)s1. The molecule has 5 heteroatoms. The summed E-state index contributed by atoms with van der Waals surface area (Å²) in [5, 5.41) is 5.80. The molecular formula is C12H15BrN2OS. The molecule has 0 aliphatic heterocycles. The maximum absolute atomic E-state index is 11.5. The minimum absolute atomic E-state index is 0.0599. The van der Waals surface area contributed by atoms with E-state index in [1.54, 1.807) is 11.3 Å². The van der Waals surface area contributed by atoms with E-state index in [1.807, 2.05) is 13.0 Å². The van der Waals surface area contributed by atoms with Crippen LogP contribution >= 0.6 is 27.3 Å². The van der Waals surface area contributed by atoms with Gasteiger partial charge in [0.1, 0.15) is 0 Å². The second-order valence-electron chi connectivity index (χ2n) is 3.55. The number of hydrogen-bond acceptors (Lipinski definition) is 3. The highest BCUT2D eigenvalue weighted by molar-refractivity contribution is 9.11. The summed E-state index contributed by atoms with van der Waals surface area (Å²) in [6.45, 7) is 2.89. The number of rotatable bonds is 6. The van der Waals surface area contributed by atoms with Gasteiger partial charge in [-0.2, -0.15) is 0 Å². The topological polar surface area (TPSA) is 41.1 Å². The molecule has 1 unspecified atom stereocenters. The van der Waals surface area contributed by atoms with Gasteiger partial charge in [-0.05, 0) is 41.4 Å². The van der Waals surface area contributed by atoms with E-state index in [-0.39, 0.29) is 18.5 Å². The molecule has 0 aliphatic rings. The van der Waals surface area contributed by atoms with Crippen LogP contribution in [0.4, 0.5) is 0 Å². The smallest absolute Gasteiger partial charge is 0.237 e. The Balaban J connectivity index is 2.22. The van der Waals surface area contributed by atoms with Crippen molar-refractivity contribution in [3.8, 4) is 12.3 Å². The van der Waals surface area contributed by atoms with Gasteiger partial charge in [-0.3, -0.25) is 4.79 Å². The van der Waals surface area contributed by atoms with E-state index in [0.717, 1.165) is 16.8 Å². The second-order valence-corrected chi connectivity index (χ2v) is 6.10. The van der Waals surface area contributed by atoms with Gasteiger partial charge in [0.2, 0.25) is 5.91 Å². The van der Waals surface area contributed by atoms with Crippen LogP contribution in [0.3, 0.4) is 0 Å². The van der Waals surface area contributed by atoms with Crippen molar-refractivity contribution >= 4 is 33.2 Å². The fraction of sp³-hybridized carbons (Fsp3) is 0.417. The van der Waals surface area contributed by atoms with Crippen LogP contribution in [0.1, 0.15) is 11.8 Å². The first-order valence-corrected chi connectivity index (χ1v) is 6.93. The Morgan fingerprint density at radius 1 is 1.65 bits per heavy atom. The average molecular weight is 315 g/mol. The molecule has 0 bridgehead atoms. The molecule has 0 aromatic carbocycles. The van der Waals surface area contributed by atoms with Gasteiger partial charge in [0.25, 0.3) is 0 Å². The molecule has 1 aromatic heterocycles. The lowest BCUT2D eigenvalue weighted by Gasteiger charge is -2.12. The maximum atomic E-state index is 11.5. The lowest BCUT2D eigenvalue weighted by Crippen LogP contribution is -2.42. The summed E-state index contributed by atoms with van der Waals surface area (Å²) in [7, 11) is 0. The van der Waals surface area contributed by atoms with E-state index >= 15 is 0 Å². The minimum Gasteiger partial charge on any atom is -0.344 e. The molecular weight excluding hydrogens is 300 g/mol. The van der Waals surface area contributed by atoms with Crippen molar-refractivity contribution in [2.45, 2.75) is 19.4 Å². The zero-order chi connectivity index (χ0) is 12.7. The normalized spacial score (nSPS) is 11.8. The van der Waals surface area contributed by atoms with Gasteiger partial charge in [-0.15, -0.1) is 17.8 Å². The number of halogens is 1. The van der Waals surface area contributed by atoms with Crippen molar-refractivity contribution in [2.75, 3.05) is 13.1 Å². The number of thiophene rings is 1. The summed E-state index contributed by atoms with van der Waals surface area (Å²) < 4.78 is 1.13. The molecule has 3 nitrogen and oxygen atoms in total. The van der Waals surface area contributed by atoms with Crippen LogP contribution in [0.15, 0.2) is 15.9 Å². The predicted molar refractivity (Wildman–Crippen MR) is 75.0 cm³/mol. The van der Waals surface area contributed by atoms with Crippen LogP contribution in [0, 0.1) is 12.3 Å². The van der Waals surface area contributed by atoms with E-state index in [9.17, 15) is 4.79 Å². The molecule has 0 spiro atoms. The lowest BCUT2D eigenvalue weighted by atomic mass is 10.3. The monoisotopic (exact) mass is 314 g/mol. The Hall–Kier alpha value is -0.830. The van der Waals surface area contributed by atoms with E-state index < -0.39 is 0 Å². The molecule has 0 radical (unpaired) electrons. The molecule has 0 saturated carbocycles. The third-order valence-corrected chi connectivity index (χ3v) is 3.89. The van der Waals surface area contributed by atoms with Crippen molar-refractivity contribution in [3.63, 3.8) is 0 Å². The van der Waals surface area contributed by atoms with E-state index in [2.05, 4.69) is 38.6 Å². The van der Waals surface area contributed by atoms with E-state index in [1.165, 1.54) is 4.88 Å². The number of terminal acetylenes is 1. The zero-order valence-electron chi connectivity index (χ0n) is 9.63. The van der Waals surface area contributed by atoms with Crippen molar-refractivity contribution < 1.29 is 4.79 Å². The number of carbonyl (C=O) groups excluding carboxylic acids is 1. The first-order valence-electron chi connectivity index (χ1n) is 5.32. The van der Waals surface area contributed by atoms with Crippen molar-refractivity contribution in [1.82, 2.24) is 10.6 Å². The summed E-state index contributed by atoms with van der Waals surface area (Å²) in [5.74, 6) is 2.32. The van der Waals surface area contributed by atoms with Gasteiger partial charge in [0.05, 0.1) is 16.4 Å². The highest BCUT2D eigenvalue weighted by atomic mass is 79.9. The van der Waals surface area contributed by atoms with Gasteiger partial charge in [0.15, 0.2) is 0 Å². The molecule has 1 aromatic rings. The molecule has 92 valence electrons. The standard InChI is InChI=1S/C12H15BrN2OS/c1-3-7-15-12(16)9(2)14-8-6-10-4-5-11(13)17-10/h1,4-5,9,14H,6-8H2,2H3,(H,15,16). The molecule has 1 amide bonds. The van der Waals surface area contributed by atoms with Crippen molar-refractivity contribution in [2.24, 2.45) is 0 Å². The number of amides is 1. The van der Waals surface area contributed by atoms with E-state index in [0.29, 0.717) is 0 Å². The minimum atomic E-state index is -0.216. The first-order chi connectivity index (χ1) is 8.13. The van der Waals surface area contributed by atoms with Gasteiger partial charge in [-0.25, -0.2) is 0 Å². The summed E-state index contributed by atoms with van der Waals surface area (Å²) in [4.78, 5) is 12.8. The van der Waals surface area contributed by atoms with Gasteiger partial charge in [-0.1, -0.05) is 5.92 Å². The lowest BCUT2D eigenvalue weighted by molar-refractivity contribution is -0.122. The molecule has 1 atom stereocenters. The third-order valence-electron chi connectivity index (χ3n) is 2.21. The van der Waals surface area contributed by atoms with Gasteiger partial charge >= 0.3 is 0 Å². The van der Waals surface area contributed by atoms with Crippen LogP contribution in [0.25, 0.3) is 0 Å².